The van der Waals surface area contributed by atoms with E-state index < -0.39 is 0 Å². The van der Waals surface area contributed by atoms with Gasteiger partial charge in [-0.15, -0.1) is 11.3 Å². The lowest BCUT2D eigenvalue weighted by Crippen LogP contribution is -2.23. The number of carbonyl (C=O) groups excluding carboxylic acids is 1. The van der Waals surface area contributed by atoms with Gasteiger partial charge in [0.2, 0.25) is 5.91 Å². The van der Waals surface area contributed by atoms with Crippen molar-refractivity contribution in [2.45, 2.75) is 26.4 Å². The topological polar surface area (TPSA) is 32.3 Å². The van der Waals surface area contributed by atoms with E-state index in [2.05, 4.69) is 52.4 Å². The summed E-state index contributed by atoms with van der Waals surface area (Å²) in [5.74, 6) is 0.0695. The Kier molecular flexibility index (Phi) is 5.42. The van der Waals surface area contributed by atoms with Crippen LogP contribution in [0.2, 0.25) is 0 Å². The molecule has 0 saturated carbocycles. The number of benzene rings is 1. The van der Waals surface area contributed by atoms with Crippen molar-refractivity contribution < 1.29 is 4.79 Å². The van der Waals surface area contributed by atoms with Gasteiger partial charge in [-0.2, -0.15) is 0 Å². The van der Waals surface area contributed by atoms with Gasteiger partial charge in [-0.25, -0.2) is 0 Å². The predicted molar refractivity (Wildman–Crippen MR) is 92.6 cm³/mol. The zero-order valence-corrected chi connectivity index (χ0v) is 14.8. The molecular weight excluding hydrogens is 348 g/mol. The fourth-order valence-corrected chi connectivity index (χ4v) is 3.46. The van der Waals surface area contributed by atoms with Crippen LogP contribution in [0.4, 0.5) is 5.69 Å². The first-order chi connectivity index (χ1) is 9.97. The second-order valence-corrected chi connectivity index (χ2v) is 7.53. The van der Waals surface area contributed by atoms with Gasteiger partial charge >= 0.3 is 0 Å². The molecule has 0 aliphatic heterocycles. The minimum Gasteiger partial charge on any atom is -0.377 e. The van der Waals surface area contributed by atoms with E-state index in [-0.39, 0.29) is 11.9 Å². The largest absolute Gasteiger partial charge is 0.377 e. The molecule has 3 nitrogen and oxygen atoms in total. The molecule has 0 aliphatic rings. The van der Waals surface area contributed by atoms with Gasteiger partial charge in [0.05, 0.1) is 9.83 Å². The first-order valence-electron chi connectivity index (χ1n) is 6.78. The van der Waals surface area contributed by atoms with Gasteiger partial charge in [-0.1, -0.05) is 18.2 Å². The van der Waals surface area contributed by atoms with Crippen LogP contribution in [-0.4, -0.2) is 17.9 Å². The summed E-state index contributed by atoms with van der Waals surface area (Å²) >= 11 is 5.22. The second-order valence-electron chi connectivity index (χ2n) is 5.04. The van der Waals surface area contributed by atoms with Gasteiger partial charge in [-0.3, -0.25) is 4.79 Å². The minimum atomic E-state index is 0.0695. The van der Waals surface area contributed by atoms with E-state index in [9.17, 15) is 4.79 Å². The molecule has 2 aromatic rings. The van der Waals surface area contributed by atoms with Crippen molar-refractivity contribution in [3.63, 3.8) is 0 Å². The number of hydrogen-bond acceptors (Lipinski definition) is 3. The number of nitrogens with zero attached hydrogens (tertiary/aromatic N) is 1. The molecule has 0 fully saturated rings. The smallest absolute Gasteiger partial charge is 0.219 e. The minimum absolute atomic E-state index is 0.0695. The molecule has 1 aromatic carbocycles. The molecule has 0 aliphatic carbocycles. The SMILES string of the molecule is CC(=O)N(C)Cc1ccccc1NC(C)c1ccc(Br)s1. The summed E-state index contributed by atoms with van der Waals surface area (Å²) in [4.78, 5) is 14.4. The number of para-hydroxylation sites is 1. The fourth-order valence-electron chi connectivity index (χ4n) is 2.03. The van der Waals surface area contributed by atoms with Crippen molar-refractivity contribution in [3.8, 4) is 0 Å². The van der Waals surface area contributed by atoms with Crippen LogP contribution in [0.3, 0.4) is 0 Å². The highest BCUT2D eigenvalue weighted by atomic mass is 79.9. The number of thiophene rings is 1. The Morgan fingerprint density at radius 2 is 2.05 bits per heavy atom. The summed E-state index contributed by atoms with van der Waals surface area (Å²) < 4.78 is 1.13. The Balaban J connectivity index is 2.14. The van der Waals surface area contributed by atoms with Crippen molar-refractivity contribution in [1.82, 2.24) is 4.90 Å². The monoisotopic (exact) mass is 366 g/mol. The lowest BCUT2D eigenvalue weighted by molar-refractivity contribution is -0.128. The number of nitrogens with one attached hydrogen (secondary N) is 1. The molecule has 1 heterocycles. The number of carbonyl (C=O) groups is 1. The van der Waals surface area contributed by atoms with Gasteiger partial charge in [-0.05, 0) is 46.6 Å². The number of amides is 1. The Morgan fingerprint density at radius 1 is 1.33 bits per heavy atom. The van der Waals surface area contributed by atoms with Crippen molar-refractivity contribution in [2.75, 3.05) is 12.4 Å². The highest BCUT2D eigenvalue weighted by Gasteiger charge is 2.12. The van der Waals surface area contributed by atoms with Gasteiger partial charge in [0.25, 0.3) is 0 Å². The van der Waals surface area contributed by atoms with Crippen LogP contribution in [0, 0.1) is 0 Å². The predicted octanol–water partition coefficient (Wildman–Crippen LogP) is 4.66. The van der Waals surface area contributed by atoms with Crippen LogP contribution >= 0.6 is 27.3 Å². The maximum atomic E-state index is 11.4. The molecule has 21 heavy (non-hydrogen) atoms. The van der Waals surface area contributed by atoms with Gasteiger partial charge in [0.15, 0.2) is 0 Å². The van der Waals surface area contributed by atoms with E-state index in [1.54, 1.807) is 23.2 Å². The molecule has 1 N–H and O–H groups in total. The van der Waals surface area contributed by atoms with E-state index in [4.69, 9.17) is 0 Å². The third kappa shape index (κ3) is 4.32. The lowest BCUT2D eigenvalue weighted by Gasteiger charge is -2.20. The maximum Gasteiger partial charge on any atom is 0.219 e. The van der Waals surface area contributed by atoms with Crippen LogP contribution in [0.15, 0.2) is 40.2 Å². The molecule has 0 spiro atoms. The van der Waals surface area contributed by atoms with E-state index >= 15 is 0 Å². The molecule has 112 valence electrons. The summed E-state index contributed by atoms with van der Waals surface area (Å²) in [6, 6.07) is 12.5. The molecule has 2 rings (SSSR count). The summed E-state index contributed by atoms with van der Waals surface area (Å²) in [6.45, 7) is 4.34. The Hall–Kier alpha value is -1.33. The van der Waals surface area contributed by atoms with Gasteiger partial charge in [0, 0.05) is 31.1 Å². The molecule has 5 heteroatoms. The Labute approximate surface area is 138 Å². The van der Waals surface area contributed by atoms with E-state index in [0.717, 1.165) is 15.0 Å². The third-order valence-electron chi connectivity index (χ3n) is 3.36. The Morgan fingerprint density at radius 3 is 2.67 bits per heavy atom. The molecule has 0 radical (unpaired) electrons. The number of rotatable bonds is 5. The van der Waals surface area contributed by atoms with Crippen LogP contribution in [-0.2, 0) is 11.3 Å². The van der Waals surface area contributed by atoms with E-state index in [1.165, 1.54) is 4.88 Å². The average molecular weight is 367 g/mol. The Bertz CT molecular complexity index is 626. The number of anilines is 1. The molecule has 0 bridgehead atoms. The lowest BCUT2D eigenvalue weighted by atomic mass is 10.1. The molecule has 1 unspecified atom stereocenters. The van der Waals surface area contributed by atoms with E-state index in [1.807, 2.05) is 19.2 Å². The van der Waals surface area contributed by atoms with Crippen LogP contribution in [0.5, 0.6) is 0 Å². The normalized spacial score (nSPS) is 12.0. The summed E-state index contributed by atoms with van der Waals surface area (Å²) in [5.41, 5.74) is 2.19. The number of halogens is 1. The highest BCUT2D eigenvalue weighted by Crippen LogP contribution is 2.30. The standard InChI is InChI=1S/C16H19BrN2OS/c1-11(15-8-9-16(17)21-15)18-14-7-5-4-6-13(14)10-19(3)12(2)20/h4-9,11,18H,10H2,1-3H3. The van der Waals surface area contributed by atoms with Crippen LogP contribution in [0.25, 0.3) is 0 Å². The van der Waals surface area contributed by atoms with Crippen molar-refractivity contribution in [3.05, 3.63) is 50.6 Å². The van der Waals surface area contributed by atoms with Crippen LogP contribution in [0.1, 0.15) is 30.3 Å². The summed E-state index contributed by atoms with van der Waals surface area (Å²) in [5, 5.41) is 3.54. The fraction of sp³-hybridized carbons (Fsp3) is 0.312. The molecule has 0 saturated heterocycles. The van der Waals surface area contributed by atoms with Gasteiger partial charge in [0.1, 0.15) is 0 Å². The first-order valence-corrected chi connectivity index (χ1v) is 8.39. The second kappa shape index (κ2) is 7.09. The van der Waals surface area contributed by atoms with Crippen molar-refractivity contribution in [2.24, 2.45) is 0 Å². The molecule has 1 atom stereocenters. The van der Waals surface area contributed by atoms with E-state index in [0.29, 0.717) is 6.54 Å². The van der Waals surface area contributed by atoms with Crippen molar-refractivity contribution in [1.29, 1.82) is 0 Å². The molecular formula is C16H19BrN2OS. The summed E-state index contributed by atoms with van der Waals surface area (Å²) in [7, 11) is 1.82. The average Bonchev–Trinajstić information content (AvgIpc) is 2.87. The first kappa shape index (κ1) is 16.0. The quantitative estimate of drug-likeness (QED) is 0.834. The molecule has 1 aromatic heterocycles. The van der Waals surface area contributed by atoms with Crippen LogP contribution < -0.4 is 5.32 Å². The van der Waals surface area contributed by atoms with Crippen molar-refractivity contribution >= 4 is 38.9 Å². The number of hydrogen-bond donors (Lipinski definition) is 1. The highest BCUT2D eigenvalue weighted by molar-refractivity contribution is 9.11. The molecule has 1 amide bonds. The van der Waals surface area contributed by atoms with Gasteiger partial charge < -0.3 is 10.2 Å². The maximum absolute atomic E-state index is 11.4. The zero-order chi connectivity index (χ0) is 15.4. The summed E-state index contributed by atoms with van der Waals surface area (Å²) in [6.07, 6.45) is 0. The zero-order valence-electron chi connectivity index (χ0n) is 12.4. The third-order valence-corrected chi connectivity index (χ3v) is 5.16.